The molecule has 1 heterocycles. The number of carbonyl (C=O) groups is 1. The number of hydrogen-bond acceptors (Lipinski definition) is 3. The summed E-state index contributed by atoms with van der Waals surface area (Å²) < 4.78 is 0. The van der Waals surface area contributed by atoms with Gasteiger partial charge in [-0.1, -0.05) is 18.9 Å². The van der Waals surface area contributed by atoms with Crippen LogP contribution < -0.4 is 5.32 Å². The molecule has 2 rings (SSSR count). The average Bonchev–Trinajstić information content (AvgIpc) is 3.08. The van der Waals surface area contributed by atoms with E-state index >= 15 is 0 Å². The van der Waals surface area contributed by atoms with E-state index in [-0.39, 0.29) is 17.9 Å². The number of carbonyl (C=O) groups excluding carboxylic acids is 1. The number of rotatable bonds is 7. The molecule has 0 radical (unpaired) electrons. The summed E-state index contributed by atoms with van der Waals surface area (Å²) in [5.41, 5.74) is -0.0383. The quantitative estimate of drug-likeness (QED) is 0.807. The highest BCUT2D eigenvalue weighted by Crippen LogP contribution is 2.36. The van der Waals surface area contributed by atoms with Gasteiger partial charge in [0.25, 0.3) is 0 Å². The molecular formula is C15H23NO2S. The van der Waals surface area contributed by atoms with E-state index in [4.69, 9.17) is 0 Å². The molecule has 106 valence electrons. The van der Waals surface area contributed by atoms with Crippen LogP contribution >= 0.6 is 11.3 Å². The maximum Gasteiger partial charge on any atom is 0.220 e. The number of thiophene rings is 1. The summed E-state index contributed by atoms with van der Waals surface area (Å²) in [6.07, 6.45) is 6.90. The van der Waals surface area contributed by atoms with Gasteiger partial charge in [0.15, 0.2) is 0 Å². The van der Waals surface area contributed by atoms with E-state index in [1.807, 2.05) is 6.07 Å². The van der Waals surface area contributed by atoms with E-state index in [1.54, 1.807) is 11.3 Å². The molecular weight excluding hydrogens is 258 g/mol. The van der Waals surface area contributed by atoms with Crippen LogP contribution in [0.5, 0.6) is 0 Å². The minimum absolute atomic E-state index is 0.0383. The van der Waals surface area contributed by atoms with Crippen molar-refractivity contribution in [1.82, 2.24) is 5.32 Å². The highest BCUT2D eigenvalue weighted by molar-refractivity contribution is 7.09. The fourth-order valence-electron chi connectivity index (χ4n) is 2.77. The maximum absolute atomic E-state index is 11.8. The van der Waals surface area contributed by atoms with Gasteiger partial charge in [0.2, 0.25) is 5.91 Å². The smallest absolute Gasteiger partial charge is 0.220 e. The summed E-state index contributed by atoms with van der Waals surface area (Å²) in [7, 11) is 0. The molecule has 1 aromatic heterocycles. The van der Waals surface area contributed by atoms with Gasteiger partial charge in [0, 0.05) is 23.3 Å². The molecule has 1 aromatic rings. The molecule has 1 saturated carbocycles. The Kier molecular flexibility index (Phi) is 5.40. The van der Waals surface area contributed by atoms with Gasteiger partial charge in [0.05, 0.1) is 6.61 Å². The van der Waals surface area contributed by atoms with Crippen LogP contribution in [-0.2, 0) is 11.2 Å². The molecule has 3 nitrogen and oxygen atoms in total. The summed E-state index contributed by atoms with van der Waals surface area (Å²) in [5, 5.41) is 14.6. The van der Waals surface area contributed by atoms with E-state index in [0.717, 1.165) is 25.7 Å². The summed E-state index contributed by atoms with van der Waals surface area (Å²) in [6, 6.07) is 4.16. The van der Waals surface area contributed by atoms with Crippen molar-refractivity contribution in [3.63, 3.8) is 0 Å². The number of nitrogens with one attached hydrogen (secondary N) is 1. The molecule has 0 atom stereocenters. The van der Waals surface area contributed by atoms with Crippen LogP contribution in [0.1, 0.15) is 43.4 Å². The molecule has 0 saturated heterocycles. The first-order valence-corrected chi connectivity index (χ1v) is 8.02. The van der Waals surface area contributed by atoms with Crippen LogP contribution in [0.3, 0.4) is 0 Å². The third-order valence-corrected chi connectivity index (χ3v) is 5.00. The maximum atomic E-state index is 11.8. The Morgan fingerprint density at radius 1 is 1.42 bits per heavy atom. The summed E-state index contributed by atoms with van der Waals surface area (Å²) in [5.74, 6) is 0.122. The zero-order chi connectivity index (χ0) is 13.6. The summed E-state index contributed by atoms with van der Waals surface area (Å²) in [4.78, 5) is 13.1. The molecule has 19 heavy (non-hydrogen) atoms. The van der Waals surface area contributed by atoms with Crippen molar-refractivity contribution < 1.29 is 9.90 Å². The predicted octanol–water partition coefficient (Wildman–Crippen LogP) is 2.74. The van der Waals surface area contributed by atoms with Crippen molar-refractivity contribution in [3.8, 4) is 0 Å². The topological polar surface area (TPSA) is 49.3 Å². The SMILES string of the molecule is O=C(CCCc1cccs1)NCC1(CO)CCCC1. The first-order chi connectivity index (χ1) is 9.24. The lowest BCUT2D eigenvalue weighted by Crippen LogP contribution is -2.38. The summed E-state index contributed by atoms with van der Waals surface area (Å²) in [6.45, 7) is 0.837. The first kappa shape index (κ1) is 14.5. The standard InChI is InChI=1S/C15H23NO2S/c17-12-15(8-1-2-9-15)11-16-14(18)7-3-5-13-6-4-10-19-13/h4,6,10,17H,1-3,5,7-9,11-12H2,(H,16,18). The first-order valence-electron chi connectivity index (χ1n) is 7.14. The van der Waals surface area contributed by atoms with Crippen molar-refractivity contribution in [3.05, 3.63) is 22.4 Å². The lowest BCUT2D eigenvalue weighted by molar-refractivity contribution is -0.121. The number of aryl methyl sites for hydroxylation is 1. The largest absolute Gasteiger partial charge is 0.396 e. The van der Waals surface area contributed by atoms with Crippen LogP contribution in [0.2, 0.25) is 0 Å². The van der Waals surface area contributed by atoms with Gasteiger partial charge in [-0.15, -0.1) is 11.3 Å². The van der Waals surface area contributed by atoms with E-state index in [2.05, 4.69) is 16.8 Å². The second kappa shape index (κ2) is 7.06. The molecule has 2 N–H and O–H groups in total. The molecule has 0 unspecified atom stereocenters. The van der Waals surface area contributed by atoms with E-state index < -0.39 is 0 Å². The normalized spacial score (nSPS) is 17.5. The van der Waals surface area contributed by atoms with E-state index in [9.17, 15) is 9.90 Å². The lowest BCUT2D eigenvalue weighted by Gasteiger charge is -2.26. The Hall–Kier alpha value is -0.870. The monoisotopic (exact) mass is 281 g/mol. The Morgan fingerprint density at radius 2 is 2.21 bits per heavy atom. The number of aliphatic hydroxyl groups is 1. The average molecular weight is 281 g/mol. The fourth-order valence-corrected chi connectivity index (χ4v) is 3.52. The lowest BCUT2D eigenvalue weighted by atomic mass is 9.87. The Bertz CT molecular complexity index is 383. The van der Waals surface area contributed by atoms with Crippen LogP contribution in [-0.4, -0.2) is 24.2 Å². The molecule has 1 aliphatic rings. The van der Waals surface area contributed by atoms with Crippen molar-refractivity contribution in [1.29, 1.82) is 0 Å². The van der Waals surface area contributed by atoms with Crippen molar-refractivity contribution in [2.24, 2.45) is 5.41 Å². The van der Waals surface area contributed by atoms with Crippen LogP contribution in [0.4, 0.5) is 0 Å². The Balaban J connectivity index is 1.64. The van der Waals surface area contributed by atoms with Crippen LogP contribution in [0.15, 0.2) is 17.5 Å². The number of aliphatic hydroxyl groups excluding tert-OH is 1. The van der Waals surface area contributed by atoms with Gasteiger partial charge in [-0.2, -0.15) is 0 Å². The summed E-state index contributed by atoms with van der Waals surface area (Å²) >= 11 is 1.75. The van der Waals surface area contributed by atoms with E-state index in [1.165, 1.54) is 17.7 Å². The molecule has 0 bridgehead atoms. The zero-order valence-electron chi connectivity index (χ0n) is 11.4. The van der Waals surface area contributed by atoms with Gasteiger partial charge in [0.1, 0.15) is 0 Å². The fraction of sp³-hybridized carbons (Fsp3) is 0.667. The molecule has 0 aromatic carbocycles. The molecule has 1 aliphatic carbocycles. The molecule has 0 aliphatic heterocycles. The zero-order valence-corrected chi connectivity index (χ0v) is 12.2. The van der Waals surface area contributed by atoms with Gasteiger partial charge in [-0.05, 0) is 37.1 Å². The third-order valence-electron chi connectivity index (χ3n) is 4.07. The highest BCUT2D eigenvalue weighted by Gasteiger charge is 2.33. The van der Waals surface area contributed by atoms with E-state index in [0.29, 0.717) is 13.0 Å². The Labute approximate surface area is 119 Å². The van der Waals surface area contributed by atoms with Gasteiger partial charge < -0.3 is 10.4 Å². The Morgan fingerprint density at radius 3 is 2.84 bits per heavy atom. The van der Waals surface area contributed by atoms with Crippen LogP contribution in [0.25, 0.3) is 0 Å². The molecule has 1 fully saturated rings. The molecule has 1 amide bonds. The second-order valence-corrected chi connectivity index (χ2v) is 6.61. The minimum atomic E-state index is -0.0383. The number of amides is 1. The predicted molar refractivity (Wildman–Crippen MR) is 78.3 cm³/mol. The molecule has 4 heteroatoms. The van der Waals surface area contributed by atoms with Crippen molar-refractivity contribution in [2.45, 2.75) is 44.9 Å². The number of hydrogen-bond donors (Lipinski definition) is 2. The second-order valence-electron chi connectivity index (χ2n) is 5.57. The van der Waals surface area contributed by atoms with Gasteiger partial charge in [-0.25, -0.2) is 0 Å². The van der Waals surface area contributed by atoms with Gasteiger partial charge in [-0.3, -0.25) is 4.79 Å². The minimum Gasteiger partial charge on any atom is -0.396 e. The van der Waals surface area contributed by atoms with Crippen LogP contribution in [0, 0.1) is 5.41 Å². The highest BCUT2D eigenvalue weighted by atomic mass is 32.1. The van der Waals surface area contributed by atoms with Crippen molar-refractivity contribution >= 4 is 17.2 Å². The van der Waals surface area contributed by atoms with Crippen molar-refractivity contribution in [2.75, 3.05) is 13.2 Å². The third kappa shape index (κ3) is 4.32. The molecule has 0 spiro atoms. The van der Waals surface area contributed by atoms with Gasteiger partial charge >= 0.3 is 0 Å².